The van der Waals surface area contributed by atoms with E-state index in [1.54, 1.807) is 26.0 Å². The number of nitrogens with one attached hydrogen (secondary N) is 1. The summed E-state index contributed by atoms with van der Waals surface area (Å²) in [5.74, 6) is -4.73. The molecule has 12 heteroatoms. The smallest absolute Gasteiger partial charge is 0.416 e. The van der Waals surface area contributed by atoms with E-state index in [9.17, 15) is 28.0 Å². The van der Waals surface area contributed by atoms with Crippen LogP contribution in [0.1, 0.15) is 36.5 Å². The van der Waals surface area contributed by atoms with Crippen LogP contribution in [0.5, 0.6) is 0 Å². The summed E-state index contributed by atoms with van der Waals surface area (Å²) >= 11 is 0. The highest BCUT2D eigenvalue weighted by Gasteiger charge is 2.48. The largest absolute Gasteiger partial charge is 0.466 e. The van der Waals surface area contributed by atoms with Gasteiger partial charge in [-0.2, -0.15) is 18.4 Å². The Morgan fingerprint density at radius 1 is 1.05 bits per heavy atom. The van der Waals surface area contributed by atoms with Gasteiger partial charge in [0.05, 0.1) is 62.0 Å². The minimum Gasteiger partial charge on any atom is -0.466 e. The van der Waals surface area contributed by atoms with Gasteiger partial charge in [0.25, 0.3) is 0 Å². The fraction of sp³-hybridized carbons (Fsp3) is 0.379. The van der Waals surface area contributed by atoms with Gasteiger partial charge in [0.1, 0.15) is 11.8 Å². The highest BCUT2D eigenvalue weighted by molar-refractivity contribution is 6.14. The molecule has 0 aromatic heterocycles. The van der Waals surface area contributed by atoms with Crippen molar-refractivity contribution in [2.75, 3.05) is 45.0 Å². The molecule has 0 radical (unpaired) electrons. The third-order valence-electron chi connectivity index (χ3n) is 6.35. The number of carbonyl (C=O) groups excluding carboxylic acids is 2. The second-order valence-electron chi connectivity index (χ2n) is 8.81. The van der Waals surface area contributed by atoms with Crippen LogP contribution in [0.25, 0.3) is 0 Å². The molecule has 2 aromatic rings. The number of nitriles is 1. The number of amidine groups is 1. The van der Waals surface area contributed by atoms with Crippen LogP contribution in [0.3, 0.4) is 0 Å². The Balaban J connectivity index is 2.33. The maximum Gasteiger partial charge on any atom is 0.416 e. The van der Waals surface area contributed by atoms with Gasteiger partial charge in [-0.25, -0.2) is 4.79 Å². The summed E-state index contributed by atoms with van der Waals surface area (Å²) in [6.07, 6.45) is -4.69. The maximum absolute atomic E-state index is 13.7. The molecule has 3 rings (SSSR count). The van der Waals surface area contributed by atoms with Gasteiger partial charge in [-0.3, -0.25) is 15.1 Å². The van der Waals surface area contributed by atoms with Crippen molar-refractivity contribution >= 4 is 23.5 Å². The molecule has 0 bridgehead atoms. The molecule has 1 N–H and O–H groups in total. The molecule has 1 aliphatic rings. The quantitative estimate of drug-likeness (QED) is 0.300. The van der Waals surface area contributed by atoms with Crippen LogP contribution in [0, 0.1) is 22.7 Å². The lowest BCUT2D eigenvalue weighted by molar-refractivity contribution is -0.146. The molecular weight excluding hydrogens is 543 g/mol. The third kappa shape index (κ3) is 7.11. The zero-order chi connectivity index (χ0) is 30.2. The van der Waals surface area contributed by atoms with Crippen molar-refractivity contribution in [3.05, 3.63) is 76.5 Å². The second kappa shape index (κ2) is 13.9. The third-order valence-corrected chi connectivity index (χ3v) is 6.35. The van der Waals surface area contributed by atoms with Gasteiger partial charge in [-0.05, 0) is 49.7 Å². The topological polar surface area (TPSA) is 122 Å². The van der Waals surface area contributed by atoms with Crippen LogP contribution < -0.4 is 4.90 Å². The van der Waals surface area contributed by atoms with Gasteiger partial charge >= 0.3 is 18.1 Å². The second-order valence-corrected chi connectivity index (χ2v) is 8.81. The van der Waals surface area contributed by atoms with Crippen molar-refractivity contribution in [1.29, 1.82) is 10.7 Å². The molecule has 1 aliphatic heterocycles. The van der Waals surface area contributed by atoms with E-state index in [4.69, 9.17) is 24.4 Å². The average Bonchev–Trinajstić information content (AvgIpc) is 2.96. The number of alkyl halides is 3. The summed E-state index contributed by atoms with van der Waals surface area (Å²) in [4.78, 5) is 27.9. The first-order chi connectivity index (χ1) is 19.6. The van der Waals surface area contributed by atoms with Crippen molar-refractivity contribution in [2.45, 2.75) is 25.9 Å². The molecule has 2 atom stereocenters. The Hall–Kier alpha value is -4.21. The van der Waals surface area contributed by atoms with Gasteiger partial charge in [0, 0.05) is 18.2 Å². The van der Waals surface area contributed by atoms with Gasteiger partial charge in [0.2, 0.25) is 0 Å². The number of hydrogen-bond donors (Lipinski definition) is 1. The van der Waals surface area contributed by atoms with Crippen molar-refractivity contribution < 1.29 is 41.7 Å². The zero-order valence-electron chi connectivity index (χ0n) is 22.8. The Morgan fingerprint density at radius 2 is 1.73 bits per heavy atom. The Labute approximate surface area is 235 Å². The first-order valence-corrected chi connectivity index (χ1v) is 12.8. The van der Waals surface area contributed by atoms with Crippen LogP contribution in [-0.2, 0) is 34.7 Å². The molecule has 41 heavy (non-hydrogen) atoms. The maximum atomic E-state index is 13.7. The summed E-state index contributed by atoms with van der Waals surface area (Å²) in [6.45, 7) is 3.73. The molecule has 0 saturated carbocycles. The molecular formula is C29H30F3N3O6. The number of anilines is 1. The summed E-state index contributed by atoms with van der Waals surface area (Å²) in [6, 6.07) is 12.3. The number of rotatable bonds is 11. The SMILES string of the molecule is CCOCCOCC1=C(C(=O)OC)C(c2ccc(C#N)cc2)C(C(=O)OCC)C(=N)N1c1cccc(C(F)(F)F)c1. The molecule has 0 fully saturated rings. The molecule has 9 nitrogen and oxygen atoms in total. The predicted octanol–water partition coefficient (Wildman–Crippen LogP) is 4.82. The molecule has 218 valence electrons. The van der Waals surface area contributed by atoms with Crippen LogP contribution in [0.2, 0.25) is 0 Å². The molecule has 1 heterocycles. The predicted molar refractivity (Wildman–Crippen MR) is 142 cm³/mol. The minimum absolute atomic E-state index is 0.0209. The summed E-state index contributed by atoms with van der Waals surface area (Å²) < 4.78 is 62.4. The lowest BCUT2D eigenvalue weighted by Gasteiger charge is -2.41. The van der Waals surface area contributed by atoms with E-state index in [-0.39, 0.29) is 43.4 Å². The van der Waals surface area contributed by atoms with Gasteiger partial charge < -0.3 is 18.9 Å². The molecule has 0 amide bonds. The van der Waals surface area contributed by atoms with Gasteiger partial charge in [0.15, 0.2) is 0 Å². The first kappa shape index (κ1) is 31.3. The van der Waals surface area contributed by atoms with E-state index in [0.717, 1.165) is 24.1 Å². The average molecular weight is 574 g/mol. The number of benzene rings is 2. The summed E-state index contributed by atoms with van der Waals surface area (Å²) in [5.41, 5.74) is -0.459. The Morgan fingerprint density at radius 3 is 2.32 bits per heavy atom. The monoisotopic (exact) mass is 573 g/mol. The number of hydrogen-bond acceptors (Lipinski definition) is 8. The molecule has 2 unspecified atom stereocenters. The number of carbonyl (C=O) groups is 2. The van der Waals surface area contributed by atoms with Crippen LogP contribution >= 0.6 is 0 Å². The normalized spacial score (nSPS) is 17.3. The van der Waals surface area contributed by atoms with Crippen LogP contribution in [-0.4, -0.2) is 57.9 Å². The first-order valence-electron chi connectivity index (χ1n) is 12.8. The number of halogens is 3. The lowest BCUT2D eigenvalue weighted by Crippen LogP contribution is -2.49. The van der Waals surface area contributed by atoms with E-state index < -0.39 is 41.3 Å². The van der Waals surface area contributed by atoms with E-state index in [0.29, 0.717) is 17.7 Å². The van der Waals surface area contributed by atoms with Gasteiger partial charge in [-0.1, -0.05) is 18.2 Å². The number of esters is 2. The number of nitrogens with zero attached hydrogens (tertiary/aromatic N) is 2. The van der Waals surface area contributed by atoms with Crippen molar-refractivity contribution in [3.8, 4) is 6.07 Å². The van der Waals surface area contributed by atoms with Crippen LogP contribution in [0.4, 0.5) is 18.9 Å². The lowest BCUT2D eigenvalue weighted by atomic mass is 9.75. The number of methoxy groups -OCH3 is 1. The zero-order valence-corrected chi connectivity index (χ0v) is 22.8. The Bertz CT molecular complexity index is 1330. The van der Waals surface area contributed by atoms with E-state index >= 15 is 0 Å². The van der Waals surface area contributed by atoms with Crippen molar-refractivity contribution in [3.63, 3.8) is 0 Å². The standard InChI is InChI=1S/C29H30F3N3O6/c1-4-39-13-14-40-17-22-24(27(36)38-3)23(19-11-9-18(16-33)10-12-19)25(28(37)41-5-2)26(34)35(22)21-8-6-7-20(15-21)29(30,31)32/h6-12,15,23,25,34H,4-5,13-14,17H2,1-3H3. The van der Waals surface area contributed by atoms with Crippen molar-refractivity contribution in [1.82, 2.24) is 0 Å². The molecule has 0 saturated heterocycles. The molecule has 2 aromatic carbocycles. The minimum atomic E-state index is -4.69. The summed E-state index contributed by atoms with van der Waals surface area (Å²) in [7, 11) is 1.13. The van der Waals surface area contributed by atoms with Gasteiger partial charge in [-0.15, -0.1) is 0 Å². The van der Waals surface area contributed by atoms with Crippen LogP contribution in [0.15, 0.2) is 59.8 Å². The van der Waals surface area contributed by atoms with Crippen molar-refractivity contribution in [2.24, 2.45) is 5.92 Å². The summed E-state index contributed by atoms with van der Waals surface area (Å²) in [5, 5.41) is 18.4. The van der Waals surface area contributed by atoms with E-state index in [1.165, 1.54) is 24.3 Å². The fourth-order valence-corrected chi connectivity index (χ4v) is 4.56. The molecule has 0 aliphatic carbocycles. The van der Waals surface area contributed by atoms with E-state index in [1.807, 2.05) is 6.07 Å². The number of ether oxygens (including phenoxy) is 4. The Kier molecular flexibility index (Phi) is 10.6. The highest BCUT2D eigenvalue weighted by Crippen LogP contribution is 2.44. The van der Waals surface area contributed by atoms with E-state index in [2.05, 4.69) is 0 Å². The molecule has 0 spiro atoms. The fourth-order valence-electron chi connectivity index (χ4n) is 4.56. The highest BCUT2D eigenvalue weighted by atomic mass is 19.4.